The maximum atomic E-state index is 12.5. The molecule has 0 aromatic heterocycles. The SMILES string of the molecule is COc1ccccc1NC(=O)C1Cc2ccc(Br)cc2C1. The number of methoxy groups -OCH3 is 1. The Hall–Kier alpha value is -1.81. The summed E-state index contributed by atoms with van der Waals surface area (Å²) in [6, 6.07) is 13.7. The van der Waals surface area contributed by atoms with Crippen molar-refractivity contribution < 1.29 is 9.53 Å². The minimum absolute atomic E-state index is 0.0146. The first-order chi connectivity index (χ1) is 10.2. The van der Waals surface area contributed by atoms with Crippen molar-refractivity contribution in [3.05, 3.63) is 58.1 Å². The Bertz CT molecular complexity index is 684. The number of fused-ring (bicyclic) bond motifs is 1. The third kappa shape index (κ3) is 2.95. The Morgan fingerprint density at radius 2 is 1.95 bits per heavy atom. The molecule has 2 aromatic carbocycles. The second-order valence-corrected chi connectivity index (χ2v) is 6.12. The predicted octanol–water partition coefficient (Wildman–Crippen LogP) is 3.81. The van der Waals surface area contributed by atoms with E-state index in [-0.39, 0.29) is 11.8 Å². The first kappa shape index (κ1) is 14.1. The molecule has 4 heteroatoms. The standard InChI is InChI=1S/C17H16BrNO2/c1-21-16-5-3-2-4-15(16)19-17(20)13-8-11-6-7-14(18)10-12(11)9-13/h2-7,10,13H,8-9H2,1H3,(H,19,20). The smallest absolute Gasteiger partial charge is 0.228 e. The van der Waals surface area contributed by atoms with Crippen molar-refractivity contribution in [2.45, 2.75) is 12.8 Å². The Labute approximate surface area is 132 Å². The van der Waals surface area contributed by atoms with E-state index in [1.807, 2.05) is 30.3 Å². The van der Waals surface area contributed by atoms with Gasteiger partial charge in [0.05, 0.1) is 12.8 Å². The van der Waals surface area contributed by atoms with Gasteiger partial charge in [-0.05, 0) is 48.2 Å². The van der Waals surface area contributed by atoms with Gasteiger partial charge in [0.25, 0.3) is 0 Å². The number of benzene rings is 2. The van der Waals surface area contributed by atoms with Gasteiger partial charge >= 0.3 is 0 Å². The van der Waals surface area contributed by atoms with Crippen molar-refractivity contribution in [1.29, 1.82) is 0 Å². The maximum Gasteiger partial charge on any atom is 0.228 e. The number of carbonyl (C=O) groups excluding carboxylic acids is 1. The lowest BCUT2D eigenvalue weighted by molar-refractivity contribution is -0.119. The first-order valence-electron chi connectivity index (χ1n) is 6.88. The van der Waals surface area contributed by atoms with Crippen LogP contribution in [0.15, 0.2) is 46.9 Å². The van der Waals surface area contributed by atoms with E-state index in [4.69, 9.17) is 4.74 Å². The molecule has 2 aromatic rings. The number of amides is 1. The normalized spacial score (nSPS) is 16.4. The molecule has 0 aliphatic heterocycles. The zero-order valence-electron chi connectivity index (χ0n) is 11.7. The van der Waals surface area contributed by atoms with Crippen molar-refractivity contribution in [3.8, 4) is 5.75 Å². The minimum atomic E-state index is -0.0146. The summed E-state index contributed by atoms with van der Waals surface area (Å²) < 4.78 is 6.33. The van der Waals surface area contributed by atoms with Crippen molar-refractivity contribution in [1.82, 2.24) is 0 Å². The van der Waals surface area contributed by atoms with Crippen molar-refractivity contribution in [2.75, 3.05) is 12.4 Å². The molecule has 1 aliphatic rings. The first-order valence-corrected chi connectivity index (χ1v) is 7.68. The van der Waals surface area contributed by atoms with Gasteiger partial charge in [0, 0.05) is 10.4 Å². The van der Waals surface area contributed by atoms with Crippen LogP contribution < -0.4 is 10.1 Å². The second-order valence-electron chi connectivity index (χ2n) is 5.21. The van der Waals surface area contributed by atoms with Crippen LogP contribution >= 0.6 is 15.9 Å². The van der Waals surface area contributed by atoms with Crippen LogP contribution in [-0.4, -0.2) is 13.0 Å². The number of ether oxygens (including phenoxy) is 1. The highest BCUT2D eigenvalue weighted by molar-refractivity contribution is 9.10. The van der Waals surface area contributed by atoms with Crippen molar-refractivity contribution >= 4 is 27.5 Å². The minimum Gasteiger partial charge on any atom is -0.495 e. The summed E-state index contributed by atoms with van der Waals surface area (Å²) in [5, 5.41) is 2.98. The van der Waals surface area contributed by atoms with E-state index in [2.05, 4.69) is 33.4 Å². The molecule has 21 heavy (non-hydrogen) atoms. The molecule has 0 saturated heterocycles. The molecule has 0 bridgehead atoms. The molecule has 1 unspecified atom stereocenters. The summed E-state index contributed by atoms with van der Waals surface area (Å²) in [5.74, 6) is 0.718. The van der Waals surface area contributed by atoms with E-state index < -0.39 is 0 Å². The Balaban J connectivity index is 1.73. The maximum absolute atomic E-state index is 12.5. The van der Waals surface area contributed by atoms with Crippen LogP contribution in [0, 0.1) is 5.92 Å². The molecule has 3 rings (SSSR count). The summed E-state index contributed by atoms with van der Waals surface area (Å²) >= 11 is 3.48. The summed E-state index contributed by atoms with van der Waals surface area (Å²) in [7, 11) is 1.61. The molecular formula is C17H16BrNO2. The molecule has 1 amide bonds. The molecule has 1 N–H and O–H groups in total. The van der Waals surface area contributed by atoms with Gasteiger partial charge in [-0.3, -0.25) is 4.79 Å². The molecule has 0 spiro atoms. The number of hydrogen-bond donors (Lipinski definition) is 1. The van der Waals surface area contributed by atoms with Gasteiger partial charge in [-0.2, -0.15) is 0 Å². The van der Waals surface area contributed by atoms with E-state index in [1.165, 1.54) is 11.1 Å². The quantitative estimate of drug-likeness (QED) is 0.918. The van der Waals surface area contributed by atoms with Crippen LogP contribution in [0.2, 0.25) is 0 Å². The fourth-order valence-corrected chi connectivity index (χ4v) is 3.16. The van der Waals surface area contributed by atoms with Crippen LogP contribution in [0.1, 0.15) is 11.1 Å². The van der Waals surface area contributed by atoms with Crippen LogP contribution in [0.5, 0.6) is 5.75 Å². The molecular weight excluding hydrogens is 330 g/mol. The van der Waals surface area contributed by atoms with Crippen LogP contribution in [-0.2, 0) is 17.6 Å². The zero-order valence-corrected chi connectivity index (χ0v) is 13.3. The van der Waals surface area contributed by atoms with Crippen molar-refractivity contribution in [2.24, 2.45) is 5.92 Å². The van der Waals surface area contributed by atoms with Gasteiger partial charge in [-0.1, -0.05) is 34.1 Å². The van der Waals surface area contributed by atoms with Gasteiger partial charge in [-0.15, -0.1) is 0 Å². The molecule has 0 radical (unpaired) electrons. The Kier molecular flexibility index (Phi) is 3.97. The largest absolute Gasteiger partial charge is 0.495 e. The highest BCUT2D eigenvalue weighted by atomic mass is 79.9. The van der Waals surface area contributed by atoms with Gasteiger partial charge < -0.3 is 10.1 Å². The number of anilines is 1. The number of hydrogen-bond acceptors (Lipinski definition) is 2. The molecule has 1 atom stereocenters. The molecule has 1 aliphatic carbocycles. The second kappa shape index (κ2) is 5.90. The van der Waals surface area contributed by atoms with E-state index in [0.29, 0.717) is 5.75 Å². The number of carbonyl (C=O) groups is 1. The van der Waals surface area contributed by atoms with E-state index in [0.717, 1.165) is 23.0 Å². The molecule has 0 heterocycles. The van der Waals surface area contributed by atoms with E-state index in [9.17, 15) is 4.79 Å². The summed E-state index contributed by atoms with van der Waals surface area (Å²) in [6.45, 7) is 0. The third-order valence-electron chi connectivity index (χ3n) is 3.84. The molecule has 3 nitrogen and oxygen atoms in total. The van der Waals surface area contributed by atoms with E-state index >= 15 is 0 Å². The summed E-state index contributed by atoms with van der Waals surface area (Å²) in [6.07, 6.45) is 1.58. The summed E-state index contributed by atoms with van der Waals surface area (Å²) in [4.78, 5) is 12.5. The number of nitrogens with one attached hydrogen (secondary N) is 1. The van der Waals surface area contributed by atoms with Gasteiger partial charge in [0.1, 0.15) is 5.75 Å². The van der Waals surface area contributed by atoms with Crippen LogP contribution in [0.4, 0.5) is 5.69 Å². The highest BCUT2D eigenvalue weighted by Gasteiger charge is 2.27. The van der Waals surface area contributed by atoms with Gasteiger partial charge in [-0.25, -0.2) is 0 Å². The number of halogens is 1. The van der Waals surface area contributed by atoms with Crippen molar-refractivity contribution in [3.63, 3.8) is 0 Å². The van der Waals surface area contributed by atoms with Crippen LogP contribution in [0.3, 0.4) is 0 Å². The fourth-order valence-electron chi connectivity index (χ4n) is 2.75. The number of rotatable bonds is 3. The Morgan fingerprint density at radius 3 is 2.76 bits per heavy atom. The average Bonchev–Trinajstić information content (AvgIpc) is 2.91. The van der Waals surface area contributed by atoms with E-state index in [1.54, 1.807) is 7.11 Å². The molecule has 0 saturated carbocycles. The zero-order chi connectivity index (χ0) is 14.8. The number of para-hydroxylation sites is 2. The topological polar surface area (TPSA) is 38.3 Å². The highest BCUT2D eigenvalue weighted by Crippen LogP contribution is 2.31. The molecule has 0 fully saturated rings. The van der Waals surface area contributed by atoms with Gasteiger partial charge in [0.2, 0.25) is 5.91 Å². The monoisotopic (exact) mass is 345 g/mol. The third-order valence-corrected chi connectivity index (χ3v) is 4.33. The molecule has 108 valence electrons. The lowest BCUT2D eigenvalue weighted by Gasteiger charge is -2.13. The predicted molar refractivity (Wildman–Crippen MR) is 86.7 cm³/mol. The lowest BCUT2D eigenvalue weighted by atomic mass is 10.1. The van der Waals surface area contributed by atoms with Gasteiger partial charge in [0.15, 0.2) is 0 Å². The van der Waals surface area contributed by atoms with Crippen LogP contribution in [0.25, 0.3) is 0 Å². The fraction of sp³-hybridized carbons (Fsp3) is 0.235. The Morgan fingerprint density at radius 1 is 1.19 bits per heavy atom. The average molecular weight is 346 g/mol. The summed E-state index contributed by atoms with van der Waals surface area (Å²) in [5.41, 5.74) is 3.24. The lowest BCUT2D eigenvalue weighted by Crippen LogP contribution is -2.23.